The maximum absolute atomic E-state index is 13.1. The maximum Gasteiger partial charge on any atom is 0.274 e. The summed E-state index contributed by atoms with van der Waals surface area (Å²) in [5.74, 6) is 2.11. The van der Waals surface area contributed by atoms with Crippen molar-refractivity contribution in [3.8, 4) is 34.2 Å². The van der Waals surface area contributed by atoms with E-state index in [4.69, 9.17) is 18.5 Å². The molecule has 9 nitrogen and oxygen atoms in total. The molecule has 0 spiro atoms. The number of hydrogen-bond donors (Lipinski definition) is 1. The Morgan fingerprint density at radius 2 is 1.68 bits per heavy atom. The van der Waals surface area contributed by atoms with Crippen LogP contribution in [0.2, 0.25) is 0 Å². The molecule has 0 radical (unpaired) electrons. The lowest BCUT2D eigenvalue weighted by atomic mass is 9.86. The van der Waals surface area contributed by atoms with E-state index in [0.717, 1.165) is 11.1 Å². The Labute approximate surface area is 196 Å². The second kappa shape index (κ2) is 8.66. The zero-order valence-electron chi connectivity index (χ0n) is 19.1. The van der Waals surface area contributed by atoms with E-state index in [2.05, 4.69) is 20.6 Å². The standard InChI is InChI=1S/C25H24N4O5/c1-25(2,3)21(24-27-22(29-34-24)15-7-5-4-6-8-15)26-23(30)17-14-19(33-28-17)16-9-10-18-20(13-16)32-12-11-31-18/h4-10,13-14,21H,11-12H2,1-3H3,(H,26,30)/t21-/m0/s1. The number of nitrogens with zero attached hydrogens (tertiary/aromatic N) is 3. The molecule has 0 unspecified atom stereocenters. The Hall–Kier alpha value is -4.14. The minimum atomic E-state index is -0.542. The number of carbonyl (C=O) groups is 1. The van der Waals surface area contributed by atoms with E-state index < -0.39 is 17.4 Å². The van der Waals surface area contributed by atoms with E-state index in [9.17, 15) is 4.79 Å². The van der Waals surface area contributed by atoms with Gasteiger partial charge in [0.05, 0.1) is 0 Å². The molecule has 9 heteroatoms. The third-order valence-electron chi connectivity index (χ3n) is 5.43. The smallest absolute Gasteiger partial charge is 0.274 e. The van der Waals surface area contributed by atoms with Crippen LogP contribution < -0.4 is 14.8 Å². The molecule has 0 bridgehead atoms. The zero-order valence-corrected chi connectivity index (χ0v) is 19.1. The molecule has 1 N–H and O–H groups in total. The highest BCUT2D eigenvalue weighted by Gasteiger charge is 2.34. The molecule has 1 aliphatic rings. The number of fused-ring (bicyclic) bond motifs is 1. The van der Waals surface area contributed by atoms with Gasteiger partial charge in [0.25, 0.3) is 5.91 Å². The van der Waals surface area contributed by atoms with Crippen LogP contribution in [0.1, 0.15) is 43.2 Å². The van der Waals surface area contributed by atoms with Crippen LogP contribution in [0.5, 0.6) is 11.5 Å². The summed E-state index contributed by atoms with van der Waals surface area (Å²) in [7, 11) is 0. The second-order valence-corrected chi connectivity index (χ2v) is 9.03. The molecule has 0 saturated heterocycles. The molecule has 1 aliphatic heterocycles. The minimum Gasteiger partial charge on any atom is -0.486 e. The van der Waals surface area contributed by atoms with Crippen LogP contribution in [0.4, 0.5) is 0 Å². The largest absolute Gasteiger partial charge is 0.486 e. The van der Waals surface area contributed by atoms with Crippen molar-refractivity contribution in [3.63, 3.8) is 0 Å². The summed E-state index contributed by atoms with van der Waals surface area (Å²) >= 11 is 0. The summed E-state index contributed by atoms with van der Waals surface area (Å²) < 4.78 is 22.1. The molecule has 1 atom stereocenters. The number of aromatic nitrogens is 3. The Morgan fingerprint density at radius 3 is 2.44 bits per heavy atom. The van der Waals surface area contributed by atoms with E-state index >= 15 is 0 Å². The van der Waals surface area contributed by atoms with Gasteiger partial charge in [-0.15, -0.1) is 0 Å². The molecule has 5 rings (SSSR count). The number of nitrogens with one attached hydrogen (secondary N) is 1. The first-order valence-corrected chi connectivity index (χ1v) is 10.9. The number of ether oxygens (including phenoxy) is 2. The second-order valence-electron chi connectivity index (χ2n) is 9.03. The summed E-state index contributed by atoms with van der Waals surface area (Å²) in [6.45, 7) is 6.94. The minimum absolute atomic E-state index is 0.141. The molecule has 0 aliphatic carbocycles. The number of carbonyl (C=O) groups excluding carboxylic acids is 1. The fourth-order valence-electron chi connectivity index (χ4n) is 3.63. The van der Waals surface area contributed by atoms with Gasteiger partial charge >= 0.3 is 0 Å². The van der Waals surface area contributed by atoms with Crippen LogP contribution in [0, 0.1) is 5.41 Å². The monoisotopic (exact) mass is 460 g/mol. The van der Waals surface area contributed by atoms with E-state index in [1.54, 1.807) is 12.1 Å². The van der Waals surface area contributed by atoms with Gasteiger partial charge < -0.3 is 23.8 Å². The molecule has 0 fully saturated rings. The first-order valence-electron chi connectivity index (χ1n) is 10.9. The van der Waals surface area contributed by atoms with Gasteiger partial charge in [-0.05, 0) is 23.6 Å². The number of benzene rings is 2. The average molecular weight is 460 g/mol. The molecule has 2 aromatic heterocycles. The maximum atomic E-state index is 13.1. The van der Waals surface area contributed by atoms with Crippen LogP contribution in [-0.4, -0.2) is 34.4 Å². The van der Waals surface area contributed by atoms with Gasteiger partial charge in [0.1, 0.15) is 19.3 Å². The van der Waals surface area contributed by atoms with Crippen molar-refractivity contribution < 1.29 is 23.3 Å². The van der Waals surface area contributed by atoms with Crippen molar-refractivity contribution in [2.24, 2.45) is 5.41 Å². The van der Waals surface area contributed by atoms with E-state index in [0.29, 0.717) is 42.2 Å². The van der Waals surface area contributed by atoms with Crippen LogP contribution in [-0.2, 0) is 0 Å². The summed E-state index contributed by atoms with van der Waals surface area (Å²) in [6.07, 6.45) is 0. The third kappa shape index (κ3) is 4.36. The summed E-state index contributed by atoms with van der Waals surface area (Å²) in [4.78, 5) is 17.6. The third-order valence-corrected chi connectivity index (χ3v) is 5.43. The lowest BCUT2D eigenvalue weighted by Gasteiger charge is -2.27. The molecular weight excluding hydrogens is 436 g/mol. The van der Waals surface area contributed by atoms with Crippen molar-refractivity contribution in [2.45, 2.75) is 26.8 Å². The van der Waals surface area contributed by atoms with Gasteiger partial charge in [-0.2, -0.15) is 4.98 Å². The van der Waals surface area contributed by atoms with Gasteiger partial charge in [0.15, 0.2) is 23.0 Å². The zero-order chi connectivity index (χ0) is 23.7. The van der Waals surface area contributed by atoms with Crippen molar-refractivity contribution in [3.05, 3.63) is 66.2 Å². The lowest BCUT2D eigenvalue weighted by molar-refractivity contribution is 0.0871. The van der Waals surface area contributed by atoms with Crippen LogP contribution in [0.15, 0.2) is 63.6 Å². The molecule has 34 heavy (non-hydrogen) atoms. The Balaban J connectivity index is 1.36. The summed E-state index contributed by atoms with van der Waals surface area (Å²) in [5, 5.41) is 11.0. The normalized spacial score (nSPS) is 14.0. The van der Waals surface area contributed by atoms with Gasteiger partial charge in [0, 0.05) is 17.2 Å². The molecule has 1 amide bonds. The number of rotatable bonds is 5. The average Bonchev–Trinajstić information content (AvgIpc) is 3.52. The molecule has 2 aromatic carbocycles. The number of amides is 1. The summed E-state index contributed by atoms with van der Waals surface area (Å²) in [6, 6.07) is 16.0. The van der Waals surface area contributed by atoms with Crippen molar-refractivity contribution >= 4 is 5.91 Å². The predicted octanol–water partition coefficient (Wildman–Crippen LogP) is 4.68. The van der Waals surface area contributed by atoms with Gasteiger partial charge in [-0.25, -0.2) is 0 Å². The van der Waals surface area contributed by atoms with Crippen LogP contribution >= 0.6 is 0 Å². The van der Waals surface area contributed by atoms with E-state index in [1.807, 2.05) is 63.2 Å². The van der Waals surface area contributed by atoms with Gasteiger partial charge in [0.2, 0.25) is 11.7 Å². The molecule has 3 heterocycles. The van der Waals surface area contributed by atoms with E-state index in [-0.39, 0.29) is 5.69 Å². The molecule has 0 saturated carbocycles. The SMILES string of the molecule is CC(C)(C)[C@@H](NC(=O)c1cc(-c2ccc3c(c2)OCCO3)on1)c1nc(-c2ccccc2)no1. The highest BCUT2D eigenvalue weighted by atomic mass is 16.6. The first kappa shape index (κ1) is 21.7. The van der Waals surface area contributed by atoms with Crippen molar-refractivity contribution in [1.82, 2.24) is 20.6 Å². The Kier molecular flexibility index (Phi) is 5.53. The highest BCUT2D eigenvalue weighted by molar-refractivity contribution is 5.93. The molecule has 174 valence electrons. The number of hydrogen-bond acceptors (Lipinski definition) is 8. The van der Waals surface area contributed by atoms with Crippen LogP contribution in [0.25, 0.3) is 22.7 Å². The molecule has 4 aromatic rings. The molecular formula is C25H24N4O5. The van der Waals surface area contributed by atoms with Crippen molar-refractivity contribution in [2.75, 3.05) is 13.2 Å². The Morgan fingerprint density at radius 1 is 0.912 bits per heavy atom. The first-order chi connectivity index (χ1) is 16.4. The highest BCUT2D eigenvalue weighted by Crippen LogP contribution is 2.35. The Bertz CT molecular complexity index is 1310. The quantitative estimate of drug-likeness (QED) is 0.457. The predicted molar refractivity (Wildman–Crippen MR) is 122 cm³/mol. The van der Waals surface area contributed by atoms with Crippen LogP contribution in [0.3, 0.4) is 0 Å². The van der Waals surface area contributed by atoms with Gasteiger partial charge in [-0.1, -0.05) is 61.4 Å². The van der Waals surface area contributed by atoms with E-state index in [1.165, 1.54) is 0 Å². The lowest BCUT2D eigenvalue weighted by Crippen LogP contribution is -2.37. The summed E-state index contributed by atoms with van der Waals surface area (Å²) in [5.41, 5.74) is 1.30. The van der Waals surface area contributed by atoms with Gasteiger partial charge in [-0.3, -0.25) is 4.79 Å². The van der Waals surface area contributed by atoms with Crippen molar-refractivity contribution in [1.29, 1.82) is 0 Å². The fraction of sp³-hybridized carbons (Fsp3) is 0.280. The fourth-order valence-corrected chi connectivity index (χ4v) is 3.63. The topological polar surface area (TPSA) is 113 Å².